The Balaban J connectivity index is 2.60. The summed E-state index contributed by atoms with van der Waals surface area (Å²) in [5, 5.41) is 3.17. The molecule has 0 aromatic heterocycles. The SMILES string of the molecule is CC1NC=C(CC(C)(C)C(F)(F)F)S1. The summed E-state index contributed by atoms with van der Waals surface area (Å²) in [4.78, 5) is 0.778. The molecular formula is C9H14F3NS. The lowest BCUT2D eigenvalue weighted by Crippen LogP contribution is -2.32. The second-order valence-corrected chi connectivity index (χ2v) is 5.56. The minimum Gasteiger partial charge on any atom is -0.379 e. The van der Waals surface area contributed by atoms with Crippen LogP contribution >= 0.6 is 11.8 Å². The Hall–Kier alpha value is -0.320. The van der Waals surface area contributed by atoms with E-state index >= 15 is 0 Å². The summed E-state index contributed by atoms with van der Waals surface area (Å²) in [6.45, 7) is 4.39. The van der Waals surface area contributed by atoms with Crippen LogP contribution in [0.3, 0.4) is 0 Å². The molecule has 1 nitrogen and oxygen atoms in total. The van der Waals surface area contributed by atoms with Crippen LogP contribution in [0.2, 0.25) is 0 Å². The van der Waals surface area contributed by atoms with Crippen molar-refractivity contribution in [2.45, 2.75) is 38.7 Å². The number of nitrogens with one attached hydrogen (secondary N) is 1. The molecule has 0 aromatic rings. The summed E-state index contributed by atoms with van der Waals surface area (Å²) in [6.07, 6.45) is -2.40. The summed E-state index contributed by atoms with van der Waals surface area (Å²) in [7, 11) is 0. The number of allylic oxidation sites excluding steroid dienone is 1. The molecule has 0 aliphatic carbocycles. The van der Waals surface area contributed by atoms with Gasteiger partial charge in [0.2, 0.25) is 0 Å². The van der Waals surface area contributed by atoms with Crippen LogP contribution < -0.4 is 5.32 Å². The molecule has 0 bridgehead atoms. The van der Waals surface area contributed by atoms with Gasteiger partial charge in [-0.3, -0.25) is 0 Å². The lowest BCUT2D eigenvalue weighted by atomic mass is 9.88. The fourth-order valence-electron chi connectivity index (χ4n) is 1.13. The van der Waals surface area contributed by atoms with Gasteiger partial charge in [-0.15, -0.1) is 11.8 Å². The molecule has 82 valence electrons. The van der Waals surface area contributed by atoms with Gasteiger partial charge in [-0.2, -0.15) is 13.2 Å². The Kier molecular flexibility index (Phi) is 3.09. The van der Waals surface area contributed by atoms with Gasteiger partial charge in [0, 0.05) is 11.1 Å². The molecule has 0 radical (unpaired) electrons. The molecule has 0 saturated carbocycles. The predicted molar refractivity (Wildman–Crippen MR) is 52.7 cm³/mol. The normalized spacial score (nSPS) is 23.3. The number of hydrogen-bond donors (Lipinski definition) is 1. The quantitative estimate of drug-likeness (QED) is 0.772. The van der Waals surface area contributed by atoms with Crippen molar-refractivity contribution in [3.05, 3.63) is 11.1 Å². The maximum Gasteiger partial charge on any atom is 0.394 e. The minimum atomic E-state index is -4.14. The van der Waals surface area contributed by atoms with E-state index in [-0.39, 0.29) is 11.8 Å². The van der Waals surface area contributed by atoms with Crippen molar-refractivity contribution >= 4 is 11.8 Å². The third kappa shape index (κ3) is 2.59. The van der Waals surface area contributed by atoms with Crippen LogP contribution in [-0.2, 0) is 0 Å². The third-order valence-corrected chi connectivity index (χ3v) is 3.25. The molecule has 1 N–H and O–H groups in total. The Bertz CT molecular complexity index is 245. The summed E-state index contributed by atoms with van der Waals surface area (Å²) in [5.74, 6) is 0. The van der Waals surface area contributed by atoms with E-state index in [2.05, 4.69) is 5.32 Å². The second kappa shape index (κ2) is 3.68. The van der Waals surface area contributed by atoms with E-state index in [4.69, 9.17) is 0 Å². The Morgan fingerprint density at radius 1 is 1.43 bits per heavy atom. The zero-order valence-corrected chi connectivity index (χ0v) is 9.22. The van der Waals surface area contributed by atoms with Crippen LogP contribution in [0.15, 0.2) is 11.1 Å². The van der Waals surface area contributed by atoms with Gasteiger partial charge in [-0.25, -0.2) is 0 Å². The first-order valence-electron chi connectivity index (χ1n) is 4.41. The van der Waals surface area contributed by atoms with Crippen molar-refractivity contribution in [2.75, 3.05) is 0 Å². The molecular weight excluding hydrogens is 211 g/mol. The highest BCUT2D eigenvalue weighted by Gasteiger charge is 2.47. The lowest BCUT2D eigenvalue weighted by Gasteiger charge is -2.27. The molecule has 1 atom stereocenters. The van der Waals surface area contributed by atoms with E-state index in [9.17, 15) is 13.2 Å². The highest BCUT2D eigenvalue weighted by molar-refractivity contribution is 8.03. The zero-order chi connectivity index (χ0) is 11.0. The molecule has 1 heterocycles. The molecule has 0 aromatic carbocycles. The molecule has 14 heavy (non-hydrogen) atoms. The molecule has 5 heteroatoms. The maximum atomic E-state index is 12.5. The van der Waals surface area contributed by atoms with Crippen molar-refractivity contribution in [2.24, 2.45) is 5.41 Å². The molecule has 0 saturated heterocycles. The second-order valence-electron chi connectivity index (χ2n) is 4.10. The van der Waals surface area contributed by atoms with Crippen LogP contribution in [0.25, 0.3) is 0 Å². The fraction of sp³-hybridized carbons (Fsp3) is 0.778. The van der Waals surface area contributed by atoms with Gasteiger partial charge in [-0.1, -0.05) is 13.8 Å². The van der Waals surface area contributed by atoms with Crippen LogP contribution in [0.4, 0.5) is 13.2 Å². The van der Waals surface area contributed by atoms with Crippen molar-refractivity contribution in [3.8, 4) is 0 Å². The maximum absolute atomic E-state index is 12.5. The van der Waals surface area contributed by atoms with Gasteiger partial charge in [0.25, 0.3) is 0 Å². The van der Waals surface area contributed by atoms with Gasteiger partial charge in [0.05, 0.1) is 10.8 Å². The monoisotopic (exact) mass is 225 g/mol. The molecule has 0 amide bonds. The molecule has 0 spiro atoms. The smallest absolute Gasteiger partial charge is 0.379 e. The summed E-state index contributed by atoms with van der Waals surface area (Å²) < 4.78 is 37.6. The van der Waals surface area contributed by atoms with Crippen LogP contribution in [-0.4, -0.2) is 11.6 Å². The first-order valence-corrected chi connectivity index (χ1v) is 5.29. The number of alkyl halides is 3. The van der Waals surface area contributed by atoms with Crippen molar-refractivity contribution in [1.82, 2.24) is 5.32 Å². The number of halogens is 3. The lowest BCUT2D eigenvalue weighted by molar-refractivity contribution is -0.210. The summed E-state index contributed by atoms with van der Waals surface area (Å²) in [6, 6.07) is 0. The Labute approximate surface area is 86.1 Å². The fourth-order valence-corrected chi connectivity index (χ4v) is 2.30. The average molecular weight is 225 g/mol. The van der Waals surface area contributed by atoms with E-state index in [1.54, 1.807) is 6.20 Å². The third-order valence-electron chi connectivity index (χ3n) is 2.19. The molecule has 1 aliphatic rings. The average Bonchev–Trinajstić information content (AvgIpc) is 2.31. The van der Waals surface area contributed by atoms with Crippen molar-refractivity contribution in [1.29, 1.82) is 0 Å². The first-order chi connectivity index (χ1) is 6.22. The number of rotatable bonds is 2. The van der Waals surface area contributed by atoms with Crippen molar-refractivity contribution in [3.63, 3.8) is 0 Å². The van der Waals surface area contributed by atoms with Crippen LogP contribution in [0.5, 0.6) is 0 Å². The highest BCUT2D eigenvalue weighted by Crippen LogP contribution is 2.45. The van der Waals surface area contributed by atoms with Crippen LogP contribution in [0.1, 0.15) is 27.2 Å². The van der Waals surface area contributed by atoms with E-state index in [0.717, 1.165) is 4.91 Å². The Morgan fingerprint density at radius 3 is 2.36 bits per heavy atom. The van der Waals surface area contributed by atoms with Gasteiger partial charge >= 0.3 is 6.18 Å². The van der Waals surface area contributed by atoms with Crippen molar-refractivity contribution < 1.29 is 13.2 Å². The highest BCUT2D eigenvalue weighted by atomic mass is 32.2. The van der Waals surface area contributed by atoms with Gasteiger partial charge in [0.15, 0.2) is 0 Å². The predicted octanol–water partition coefficient (Wildman–Crippen LogP) is 3.49. The summed E-state index contributed by atoms with van der Waals surface area (Å²) in [5.41, 5.74) is -1.64. The van der Waals surface area contributed by atoms with E-state index in [1.165, 1.54) is 25.6 Å². The molecule has 1 rings (SSSR count). The van der Waals surface area contributed by atoms with E-state index in [0.29, 0.717) is 0 Å². The van der Waals surface area contributed by atoms with Gasteiger partial charge in [-0.05, 0) is 13.3 Å². The molecule has 0 fully saturated rings. The number of hydrogen-bond acceptors (Lipinski definition) is 2. The number of thioether (sulfide) groups is 1. The molecule has 1 aliphatic heterocycles. The topological polar surface area (TPSA) is 12.0 Å². The van der Waals surface area contributed by atoms with Gasteiger partial charge in [0.1, 0.15) is 0 Å². The largest absolute Gasteiger partial charge is 0.394 e. The van der Waals surface area contributed by atoms with Crippen LogP contribution in [0, 0.1) is 5.41 Å². The standard InChI is InChI=1S/C9H14F3NS/c1-6-13-5-7(14-6)4-8(2,3)9(10,11)12/h5-6,13H,4H2,1-3H3. The van der Waals surface area contributed by atoms with E-state index < -0.39 is 11.6 Å². The van der Waals surface area contributed by atoms with E-state index in [1.807, 2.05) is 6.92 Å². The minimum absolute atomic E-state index is 0.0541. The summed E-state index contributed by atoms with van der Waals surface area (Å²) >= 11 is 1.46. The zero-order valence-electron chi connectivity index (χ0n) is 8.40. The Morgan fingerprint density at radius 2 is 2.00 bits per heavy atom. The first kappa shape index (κ1) is 11.8. The molecule has 1 unspecified atom stereocenters. The van der Waals surface area contributed by atoms with Gasteiger partial charge < -0.3 is 5.32 Å².